The lowest BCUT2D eigenvalue weighted by Gasteiger charge is -2.16. The van der Waals surface area contributed by atoms with Crippen LogP contribution in [0.25, 0.3) is 10.9 Å². The minimum absolute atomic E-state index is 0.0679. The van der Waals surface area contributed by atoms with Crippen molar-refractivity contribution < 1.29 is 42.5 Å². The molecule has 260 valence electrons. The van der Waals surface area contributed by atoms with Crippen LogP contribution < -0.4 is 24.8 Å². The zero-order valence-electron chi connectivity index (χ0n) is 27.8. The zero-order chi connectivity index (χ0) is 35.6. The van der Waals surface area contributed by atoms with Crippen molar-refractivity contribution >= 4 is 40.1 Å². The molecule has 1 heterocycles. The van der Waals surface area contributed by atoms with E-state index < -0.39 is 34.8 Å². The second-order valence-electron chi connectivity index (χ2n) is 11.2. The van der Waals surface area contributed by atoms with Gasteiger partial charge in [-0.3, -0.25) is 19.4 Å². The van der Waals surface area contributed by atoms with E-state index in [2.05, 4.69) is 41.3 Å². The van der Waals surface area contributed by atoms with Gasteiger partial charge >= 0.3 is 5.97 Å². The highest BCUT2D eigenvalue weighted by Crippen LogP contribution is 2.47. The van der Waals surface area contributed by atoms with Gasteiger partial charge < -0.3 is 34.9 Å². The lowest BCUT2D eigenvalue weighted by Crippen LogP contribution is -2.35. The first kappa shape index (κ1) is 36.5. The number of methoxy groups -OCH3 is 1. The number of hydrogen-bond acceptors (Lipinski definition) is 8. The lowest BCUT2D eigenvalue weighted by atomic mass is 10.0. The lowest BCUT2D eigenvalue weighted by molar-refractivity contribution is -0.137. The van der Waals surface area contributed by atoms with Crippen LogP contribution in [-0.2, 0) is 14.4 Å². The highest BCUT2D eigenvalue weighted by molar-refractivity contribution is 6.16. The average Bonchev–Trinajstić information content (AvgIpc) is 3.90. The molecule has 13 heteroatoms. The summed E-state index contributed by atoms with van der Waals surface area (Å²) < 4.78 is 45.0. The topological polar surface area (TPSA) is 139 Å². The van der Waals surface area contributed by atoms with Gasteiger partial charge in [0.2, 0.25) is 11.8 Å². The summed E-state index contributed by atoms with van der Waals surface area (Å²) in [6, 6.07) is 13.8. The Bertz CT molecular complexity index is 1770. The molecule has 49 heavy (non-hydrogen) atoms. The number of carboxylic acids is 1. The first-order valence-electron chi connectivity index (χ1n) is 15.9. The summed E-state index contributed by atoms with van der Waals surface area (Å²) in [4.78, 5) is 43.2. The number of carbonyl (C=O) groups excluding carboxylic acids is 2. The molecule has 3 N–H and O–H groups in total. The van der Waals surface area contributed by atoms with Gasteiger partial charge in [-0.05, 0) is 81.0 Å². The van der Waals surface area contributed by atoms with Crippen LogP contribution in [0.2, 0.25) is 0 Å². The molecule has 1 aliphatic rings. The Kier molecular flexibility index (Phi) is 12.4. The van der Waals surface area contributed by atoms with Gasteiger partial charge in [-0.25, -0.2) is 8.78 Å². The molecule has 1 fully saturated rings. The summed E-state index contributed by atoms with van der Waals surface area (Å²) in [7, 11) is 1.42. The molecule has 0 unspecified atom stereocenters. The first-order valence-corrected chi connectivity index (χ1v) is 15.9. The minimum Gasteiger partial charge on any atom is -0.493 e. The van der Waals surface area contributed by atoms with E-state index in [0.29, 0.717) is 40.9 Å². The Hall–Kier alpha value is -5.30. The van der Waals surface area contributed by atoms with Crippen LogP contribution >= 0.6 is 0 Å². The fraction of sp³-hybridized carbons (Fsp3) is 0.333. The van der Waals surface area contributed by atoms with Crippen molar-refractivity contribution in [2.45, 2.75) is 40.0 Å². The number of carbonyl (C=O) groups is 3. The van der Waals surface area contributed by atoms with Gasteiger partial charge in [-0.2, -0.15) is 0 Å². The number of fused-ring (bicyclic) bond motifs is 1. The summed E-state index contributed by atoms with van der Waals surface area (Å²) >= 11 is 0. The molecule has 2 amide bonds. The maximum Gasteiger partial charge on any atom is 0.306 e. The zero-order valence-corrected chi connectivity index (χ0v) is 27.8. The minimum atomic E-state index is -1.30. The molecule has 0 spiro atoms. The molecule has 0 bridgehead atoms. The summed E-state index contributed by atoms with van der Waals surface area (Å²) in [5.41, 5.74) is -0.367. The number of rotatable bonds is 14. The van der Waals surface area contributed by atoms with Gasteiger partial charge in [0.1, 0.15) is 17.0 Å². The quantitative estimate of drug-likeness (QED) is 0.122. The number of carboxylic acid groups (broad SMARTS) is 1. The normalized spacial score (nSPS) is 12.8. The predicted molar refractivity (Wildman–Crippen MR) is 181 cm³/mol. The highest BCUT2D eigenvalue weighted by Gasteiger charge is 2.56. The Morgan fingerprint density at radius 2 is 1.47 bits per heavy atom. The SMILES string of the molecule is CCN(CC)CC.COc1cc2c(Oc3ccc(NC(=O)C4(C(=O)Nc5ccc(F)cc5)CC4)cc3F)ccnc2cc1OCCC(=O)O. The molecule has 1 aliphatic carbocycles. The van der Waals surface area contributed by atoms with Crippen LogP contribution in [-0.4, -0.2) is 66.1 Å². The smallest absolute Gasteiger partial charge is 0.306 e. The van der Waals surface area contributed by atoms with Gasteiger partial charge in [-0.15, -0.1) is 0 Å². The summed E-state index contributed by atoms with van der Waals surface area (Å²) in [6.45, 7) is 10.1. The van der Waals surface area contributed by atoms with E-state index >= 15 is 4.39 Å². The Balaban J connectivity index is 0.000000698. The van der Waals surface area contributed by atoms with Crippen LogP contribution in [0, 0.1) is 17.0 Å². The number of hydrogen-bond donors (Lipinski definition) is 3. The van der Waals surface area contributed by atoms with Crippen molar-refractivity contribution in [3.05, 3.63) is 78.5 Å². The van der Waals surface area contributed by atoms with Crippen molar-refractivity contribution in [1.82, 2.24) is 9.88 Å². The van der Waals surface area contributed by atoms with Gasteiger partial charge in [0.15, 0.2) is 23.1 Å². The third kappa shape index (κ3) is 9.41. The summed E-state index contributed by atoms with van der Waals surface area (Å²) in [5, 5.41) is 14.5. The molecule has 0 saturated heterocycles. The van der Waals surface area contributed by atoms with E-state index in [1.165, 1.54) is 69.3 Å². The number of aliphatic carboxylic acids is 1. The fourth-order valence-electron chi connectivity index (χ4n) is 4.91. The van der Waals surface area contributed by atoms with Crippen molar-refractivity contribution in [2.24, 2.45) is 5.41 Å². The monoisotopic (exact) mass is 678 g/mol. The number of amides is 2. The summed E-state index contributed by atoms with van der Waals surface area (Å²) in [5.74, 6) is -2.59. The van der Waals surface area contributed by atoms with Gasteiger partial charge in [0, 0.05) is 35.1 Å². The number of anilines is 2. The van der Waals surface area contributed by atoms with Crippen LogP contribution in [0.1, 0.15) is 40.0 Å². The van der Waals surface area contributed by atoms with E-state index in [-0.39, 0.29) is 30.2 Å². The van der Waals surface area contributed by atoms with Crippen LogP contribution in [0.5, 0.6) is 23.0 Å². The third-order valence-electron chi connectivity index (χ3n) is 8.03. The maximum absolute atomic E-state index is 15.1. The van der Waals surface area contributed by atoms with Crippen molar-refractivity contribution in [3.63, 3.8) is 0 Å². The number of halogens is 2. The molecule has 11 nitrogen and oxygen atoms in total. The Morgan fingerprint density at radius 1 is 0.837 bits per heavy atom. The second kappa shape index (κ2) is 16.7. The van der Waals surface area contributed by atoms with Gasteiger partial charge in [-0.1, -0.05) is 20.8 Å². The number of benzene rings is 3. The molecular weight excluding hydrogens is 638 g/mol. The fourth-order valence-corrected chi connectivity index (χ4v) is 4.91. The number of nitrogens with one attached hydrogen (secondary N) is 2. The van der Waals surface area contributed by atoms with Crippen molar-refractivity contribution in [3.8, 4) is 23.0 Å². The number of pyridine rings is 1. The molecule has 1 aromatic heterocycles. The molecule has 0 aliphatic heterocycles. The molecule has 0 atom stereocenters. The largest absolute Gasteiger partial charge is 0.493 e. The van der Waals surface area contributed by atoms with E-state index in [0.717, 1.165) is 6.07 Å². The first-order chi connectivity index (χ1) is 23.5. The average molecular weight is 679 g/mol. The van der Waals surface area contributed by atoms with Crippen molar-refractivity contribution in [2.75, 3.05) is 44.0 Å². The van der Waals surface area contributed by atoms with E-state index in [9.17, 15) is 18.8 Å². The van der Waals surface area contributed by atoms with Crippen LogP contribution in [0.4, 0.5) is 20.2 Å². The van der Waals surface area contributed by atoms with E-state index in [1.807, 2.05) is 0 Å². The number of nitrogens with zero attached hydrogens (tertiary/aromatic N) is 2. The van der Waals surface area contributed by atoms with Crippen LogP contribution in [0.15, 0.2) is 66.9 Å². The Morgan fingerprint density at radius 3 is 2.02 bits per heavy atom. The van der Waals surface area contributed by atoms with E-state index in [1.54, 1.807) is 18.2 Å². The van der Waals surface area contributed by atoms with Crippen molar-refractivity contribution in [1.29, 1.82) is 0 Å². The molecular formula is C36H40F2N4O7. The van der Waals surface area contributed by atoms with Crippen LogP contribution in [0.3, 0.4) is 0 Å². The van der Waals surface area contributed by atoms with Gasteiger partial charge in [0.25, 0.3) is 0 Å². The second-order valence-corrected chi connectivity index (χ2v) is 11.2. The van der Waals surface area contributed by atoms with E-state index in [4.69, 9.17) is 19.3 Å². The molecule has 1 saturated carbocycles. The standard InChI is InChI=1S/C30H25F2N3O7.C6H15N/c1-40-25-15-20-22(16-26(25)41-13-9-27(36)37)33-12-8-23(20)42-24-7-6-19(14-21(24)32)35-29(39)30(10-11-30)28(38)34-18-4-2-17(31)3-5-18;1-4-7(5-2)6-3/h2-8,12,14-16H,9-11,13H2,1H3,(H,34,38)(H,35,39)(H,36,37);4-6H2,1-3H3. The summed E-state index contributed by atoms with van der Waals surface area (Å²) in [6.07, 6.45) is 1.91. The molecule has 5 rings (SSSR count). The number of ether oxygens (including phenoxy) is 3. The third-order valence-corrected chi connectivity index (χ3v) is 8.03. The highest BCUT2D eigenvalue weighted by atomic mass is 19.1. The molecule has 0 radical (unpaired) electrons. The van der Waals surface area contributed by atoms with Gasteiger partial charge in [0.05, 0.1) is 25.7 Å². The molecule has 4 aromatic rings. The predicted octanol–water partition coefficient (Wildman–Crippen LogP) is 6.87. The maximum atomic E-state index is 15.1. The Labute approximate surface area is 283 Å². The molecule has 3 aromatic carbocycles. The number of aromatic nitrogens is 1.